The summed E-state index contributed by atoms with van der Waals surface area (Å²) < 4.78 is 45.0. The highest BCUT2D eigenvalue weighted by Crippen LogP contribution is 2.33. The second-order valence-electron chi connectivity index (χ2n) is 6.77. The van der Waals surface area contributed by atoms with E-state index in [1.165, 1.54) is 0 Å². The van der Waals surface area contributed by atoms with Crippen molar-refractivity contribution >= 4 is 11.5 Å². The Hall–Kier alpha value is -2.48. The summed E-state index contributed by atoms with van der Waals surface area (Å²) in [5.74, 6) is 0.646. The van der Waals surface area contributed by atoms with Crippen molar-refractivity contribution in [3.05, 3.63) is 52.5 Å². The van der Waals surface area contributed by atoms with Crippen LogP contribution in [0.15, 0.2) is 29.4 Å². The molecular weight excluding hydrogens is 357 g/mol. The molecule has 8 heteroatoms. The van der Waals surface area contributed by atoms with Crippen LogP contribution < -0.4 is 5.32 Å². The van der Waals surface area contributed by atoms with Gasteiger partial charge >= 0.3 is 6.18 Å². The molecule has 1 fully saturated rings. The van der Waals surface area contributed by atoms with Gasteiger partial charge in [0, 0.05) is 36.7 Å². The number of rotatable bonds is 3. The second kappa shape index (κ2) is 6.92. The van der Waals surface area contributed by atoms with Crippen molar-refractivity contribution in [1.82, 2.24) is 9.97 Å². The Bertz CT molecular complexity index is 889. The first kappa shape index (κ1) is 17.9. The van der Waals surface area contributed by atoms with Crippen molar-refractivity contribution in [2.75, 3.05) is 18.5 Å². The molecule has 27 heavy (non-hydrogen) atoms. The number of aromatic nitrogens is 2. The average molecular weight is 376 g/mol. The minimum atomic E-state index is -4.43. The van der Waals surface area contributed by atoms with E-state index in [9.17, 15) is 13.2 Å². The molecule has 1 saturated heterocycles. The van der Waals surface area contributed by atoms with Gasteiger partial charge in [-0.15, -0.1) is 0 Å². The molecule has 1 N–H and O–H groups in total. The minimum absolute atomic E-state index is 0.218. The third kappa shape index (κ3) is 3.66. The molecule has 2 aliphatic heterocycles. The highest BCUT2D eigenvalue weighted by atomic mass is 19.4. The SMILES string of the molecule is Cc1cc(C(F)(F)F)cc(C2=NCc3ccnc(NC4CCOCC4)c32)n1. The summed E-state index contributed by atoms with van der Waals surface area (Å²) in [5, 5.41) is 3.42. The smallest absolute Gasteiger partial charge is 0.381 e. The Labute approximate surface area is 154 Å². The van der Waals surface area contributed by atoms with Crippen LogP contribution in [0.3, 0.4) is 0 Å². The molecular formula is C19H19F3N4O. The number of pyridine rings is 2. The van der Waals surface area contributed by atoms with Crippen molar-refractivity contribution < 1.29 is 17.9 Å². The van der Waals surface area contributed by atoms with Gasteiger partial charge in [0.25, 0.3) is 0 Å². The van der Waals surface area contributed by atoms with E-state index in [4.69, 9.17) is 4.74 Å². The van der Waals surface area contributed by atoms with E-state index in [1.807, 2.05) is 6.07 Å². The number of nitrogens with zero attached hydrogens (tertiary/aromatic N) is 3. The van der Waals surface area contributed by atoms with Crippen molar-refractivity contribution in [2.24, 2.45) is 4.99 Å². The van der Waals surface area contributed by atoms with Gasteiger partial charge in [0.15, 0.2) is 0 Å². The predicted molar refractivity (Wildman–Crippen MR) is 95.0 cm³/mol. The normalized spacial score (nSPS) is 17.6. The first-order chi connectivity index (χ1) is 12.9. The molecule has 0 radical (unpaired) electrons. The zero-order valence-corrected chi connectivity index (χ0v) is 14.8. The van der Waals surface area contributed by atoms with E-state index in [1.54, 1.807) is 13.1 Å². The van der Waals surface area contributed by atoms with Crippen molar-refractivity contribution in [3.63, 3.8) is 0 Å². The molecule has 2 aromatic heterocycles. The summed E-state index contributed by atoms with van der Waals surface area (Å²) in [7, 11) is 0. The number of fused-ring (bicyclic) bond motifs is 1. The summed E-state index contributed by atoms with van der Waals surface area (Å²) >= 11 is 0. The Morgan fingerprint density at radius 1 is 1.19 bits per heavy atom. The number of alkyl halides is 3. The van der Waals surface area contributed by atoms with Gasteiger partial charge in [0.2, 0.25) is 0 Å². The molecule has 0 unspecified atom stereocenters. The quantitative estimate of drug-likeness (QED) is 0.887. The van der Waals surface area contributed by atoms with E-state index < -0.39 is 11.7 Å². The van der Waals surface area contributed by atoms with Crippen LogP contribution in [0, 0.1) is 6.92 Å². The number of nitrogens with one attached hydrogen (secondary N) is 1. The van der Waals surface area contributed by atoms with Crippen molar-refractivity contribution in [1.29, 1.82) is 0 Å². The van der Waals surface area contributed by atoms with Gasteiger partial charge in [0.05, 0.1) is 23.5 Å². The number of aliphatic imine (C=N–C) groups is 1. The summed E-state index contributed by atoms with van der Waals surface area (Å²) in [6.07, 6.45) is -1.01. The molecule has 0 amide bonds. The summed E-state index contributed by atoms with van der Waals surface area (Å²) in [5.41, 5.74) is 1.95. The van der Waals surface area contributed by atoms with Gasteiger partial charge in [0.1, 0.15) is 5.82 Å². The average Bonchev–Trinajstić information content (AvgIpc) is 3.07. The Morgan fingerprint density at radius 2 is 1.96 bits per heavy atom. The van der Waals surface area contributed by atoms with Crippen LogP contribution in [0.25, 0.3) is 0 Å². The molecule has 0 spiro atoms. The Morgan fingerprint density at radius 3 is 2.70 bits per heavy atom. The molecule has 0 aromatic carbocycles. The van der Waals surface area contributed by atoms with Crippen molar-refractivity contribution in [3.8, 4) is 0 Å². The molecule has 0 atom stereocenters. The lowest BCUT2D eigenvalue weighted by Gasteiger charge is -2.24. The van der Waals surface area contributed by atoms with E-state index >= 15 is 0 Å². The Balaban J connectivity index is 1.72. The van der Waals surface area contributed by atoms with E-state index in [0.29, 0.717) is 37.0 Å². The third-order valence-corrected chi connectivity index (χ3v) is 4.77. The summed E-state index contributed by atoms with van der Waals surface area (Å²) in [6, 6.07) is 4.17. The fourth-order valence-corrected chi connectivity index (χ4v) is 3.45. The zero-order chi connectivity index (χ0) is 19.0. The van der Waals surface area contributed by atoms with Gasteiger partial charge in [-0.2, -0.15) is 13.2 Å². The van der Waals surface area contributed by atoms with Crippen LogP contribution in [0.5, 0.6) is 0 Å². The molecule has 2 aliphatic rings. The number of aryl methyl sites for hydroxylation is 1. The summed E-state index contributed by atoms with van der Waals surface area (Å²) in [4.78, 5) is 13.2. The summed E-state index contributed by atoms with van der Waals surface area (Å²) in [6.45, 7) is 3.33. The maximum absolute atomic E-state index is 13.2. The molecule has 0 saturated carbocycles. The highest BCUT2D eigenvalue weighted by Gasteiger charge is 2.33. The molecule has 142 valence electrons. The maximum Gasteiger partial charge on any atom is 0.416 e. The lowest BCUT2D eigenvalue weighted by atomic mass is 10.0. The van der Waals surface area contributed by atoms with Crippen molar-refractivity contribution in [2.45, 2.75) is 38.5 Å². The number of halogens is 3. The van der Waals surface area contributed by atoms with Gasteiger partial charge in [-0.1, -0.05) is 0 Å². The molecule has 0 bridgehead atoms. The number of hydrogen-bond donors (Lipinski definition) is 1. The molecule has 2 aromatic rings. The third-order valence-electron chi connectivity index (χ3n) is 4.77. The van der Waals surface area contributed by atoms with Crippen LogP contribution >= 0.6 is 0 Å². The first-order valence-corrected chi connectivity index (χ1v) is 8.85. The van der Waals surface area contributed by atoms with Crippen LogP contribution in [0.4, 0.5) is 19.0 Å². The lowest BCUT2D eigenvalue weighted by Crippen LogP contribution is -2.29. The van der Waals surface area contributed by atoms with Gasteiger partial charge in [-0.3, -0.25) is 9.98 Å². The lowest BCUT2D eigenvalue weighted by molar-refractivity contribution is -0.137. The van der Waals surface area contributed by atoms with E-state index in [0.717, 1.165) is 36.1 Å². The molecule has 0 aliphatic carbocycles. The largest absolute Gasteiger partial charge is 0.416 e. The van der Waals surface area contributed by atoms with Gasteiger partial charge in [-0.05, 0) is 43.5 Å². The van der Waals surface area contributed by atoms with Crippen LogP contribution in [0.1, 0.15) is 40.9 Å². The fraction of sp³-hybridized carbons (Fsp3) is 0.421. The maximum atomic E-state index is 13.2. The molecule has 5 nitrogen and oxygen atoms in total. The predicted octanol–water partition coefficient (Wildman–Crippen LogP) is 3.75. The zero-order valence-electron chi connectivity index (χ0n) is 14.8. The highest BCUT2D eigenvalue weighted by molar-refractivity contribution is 6.16. The number of ether oxygens (including phenoxy) is 1. The monoisotopic (exact) mass is 376 g/mol. The Kier molecular flexibility index (Phi) is 4.59. The molecule has 4 rings (SSSR count). The molecule has 4 heterocycles. The van der Waals surface area contributed by atoms with Gasteiger partial charge < -0.3 is 10.1 Å². The first-order valence-electron chi connectivity index (χ1n) is 8.85. The second-order valence-corrected chi connectivity index (χ2v) is 6.77. The standard InChI is InChI=1S/C19H19F3N4O/c1-11-8-13(19(20,21)22)9-15(25-11)17-16-12(10-24-17)2-5-23-18(16)26-14-3-6-27-7-4-14/h2,5,8-9,14H,3-4,6-7,10H2,1H3,(H,23,26). The van der Waals surface area contributed by atoms with E-state index in [-0.39, 0.29) is 11.7 Å². The van der Waals surface area contributed by atoms with Crippen LogP contribution in [-0.2, 0) is 17.5 Å². The fourth-order valence-electron chi connectivity index (χ4n) is 3.45. The topological polar surface area (TPSA) is 59.4 Å². The van der Waals surface area contributed by atoms with E-state index in [2.05, 4.69) is 20.3 Å². The minimum Gasteiger partial charge on any atom is -0.381 e. The van der Waals surface area contributed by atoms with Crippen LogP contribution in [0.2, 0.25) is 0 Å². The number of anilines is 1. The number of hydrogen-bond acceptors (Lipinski definition) is 5. The van der Waals surface area contributed by atoms with Crippen LogP contribution in [-0.4, -0.2) is 34.9 Å². The van der Waals surface area contributed by atoms with Gasteiger partial charge in [-0.25, -0.2) is 4.98 Å².